The molecule has 0 saturated heterocycles. The van der Waals surface area contributed by atoms with Crippen LogP contribution >= 0.6 is 0 Å². The molecule has 0 radical (unpaired) electrons. The minimum Gasteiger partial charge on any atom is -0.497 e. The maximum absolute atomic E-state index is 11.2. The molecule has 0 spiro atoms. The molecule has 0 bridgehead atoms. The van der Waals surface area contributed by atoms with Crippen molar-refractivity contribution in [2.24, 2.45) is 5.73 Å². The van der Waals surface area contributed by atoms with E-state index in [0.29, 0.717) is 30.6 Å². The van der Waals surface area contributed by atoms with Crippen LogP contribution in [0.2, 0.25) is 0 Å². The van der Waals surface area contributed by atoms with Crippen molar-refractivity contribution in [2.45, 2.75) is 13.0 Å². The number of rotatable bonds is 9. The highest BCUT2D eigenvalue weighted by Crippen LogP contribution is 2.24. The van der Waals surface area contributed by atoms with E-state index in [1.807, 2.05) is 53.4 Å². The quantitative estimate of drug-likeness (QED) is 0.607. The Hall–Kier alpha value is -3.55. The third-order valence-corrected chi connectivity index (χ3v) is 4.19. The minimum atomic E-state index is -0.374. The molecular weight excluding hydrogens is 360 g/mol. The molecule has 2 N–H and O–H groups in total. The van der Waals surface area contributed by atoms with Crippen molar-refractivity contribution < 1.29 is 18.8 Å². The first-order valence-corrected chi connectivity index (χ1v) is 8.73. The fourth-order valence-corrected chi connectivity index (χ4v) is 2.70. The summed E-state index contributed by atoms with van der Waals surface area (Å²) in [6.07, 6.45) is 0.211. The Bertz CT molecular complexity index is 924. The van der Waals surface area contributed by atoms with Crippen LogP contribution in [0, 0.1) is 0 Å². The average molecular weight is 382 g/mol. The number of hydrogen-bond donors (Lipinski definition) is 1. The van der Waals surface area contributed by atoms with Crippen molar-refractivity contribution in [3.05, 3.63) is 54.4 Å². The number of nitrogens with zero attached hydrogens (tertiary/aromatic N) is 3. The molecule has 0 aliphatic heterocycles. The second kappa shape index (κ2) is 8.90. The van der Waals surface area contributed by atoms with Crippen molar-refractivity contribution in [2.75, 3.05) is 25.7 Å². The largest absolute Gasteiger partial charge is 0.497 e. The Kier molecular flexibility index (Phi) is 6.11. The highest BCUT2D eigenvalue weighted by molar-refractivity contribution is 5.74. The van der Waals surface area contributed by atoms with E-state index in [9.17, 15) is 4.79 Å². The highest BCUT2D eigenvalue weighted by Gasteiger charge is 2.15. The Labute approximate surface area is 162 Å². The number of primary amides is 1. The lowest BCUT2D eigenvalue weighted by molar-refractivity contribution is -0.117. The van der Waals surface area contributed by atoms with Crippen LogP contribution in [-0.4, -0.2) is 36.8 Å². The van der Waals surface area contributed by atoms with E-state index in [1.165, 1.54) is 0 Å². The summed E-state index contributed by atoms with van der Waals surface area (Å²) in [7, 11) is 3.21. The fraction of sp³-hybridized carbons (Fsp3) is 0.250. The van der Waals surface area contributed by atoms with E-state index in [-0.39, 0.29) is 12.3 Å². The number of nitrogens with two attached hydrogens (primary N) is 1. The molecular formula is C20H22N4O4. The number of anilines is 1. The maximum atomic E-state index is 11.2. The van der Waals surface area contributed by atoms with Gasteiger partial charge in [0.05, 0.1) is 20.8 Å². The Morgan fingerprint density at radius 2 is 1.86 bits per heavy atom. The molecule has 2 aromatic carbocycles. The van der Waals surface area contributed by atoms with Crippen LogP contribution in [0.1, 0.15) is 12.3 Å². The first kappa shape index (κ1) is 19.2. The van der Waals surface area contributed by atoms with Gasteiger partial charge in [0.1, 0.15) is 11.5 Å². The number of methoxy groups -OCH3 is 2. The molecule has 0 saturated carbocycles. The second-order valence-corrected chi connectivity index (χ2v) is 6.08. The van der Waals surface area contributed by atoms with Gasteiger partial charge in [-0.2, -0.15) is 4.98 Å². The number of ether oxygens (including phenoxy) is 2. The third kappa shape index (κ3) is 4.79. The monoisotopic (exact) mass is 382 g/mol. The van der Waals surface area contributed by atoms with Gasteiger partial charge in [-0.25, -0.2) is 0 Å². The zero-order valence-electron chi connectivity index (χ0n) is 15.8. The van der Waals surface area contributed by atoms with Gasteiger partial charge in [0.2, 0.25) is 17.6 Å². The average Bonchev–Trinajstić information content (AvgIpc) is 3.20. The number of aromatic nitrogens is 2. The van der Waals surface area contributed by atoms with Gasteiger partial charge in [-0.3, -0.25) is 4.79 Å². The number of hydrogen-bond acceptors (Lipinski definition) is 7. The standard InChI is InChI=1S/C20H22N4O4/c1-26-16-8-6-15(7-9-16)24(11-10-18(21)25)13-19-22-20(23-28-19)14-4-3-5-17(12-14)27-2/h3-9,12H,10-11,13H2,1-2H3,(H2,21,25). The molecule has 0 fully saturated rings. The van der Waals surface area contributed by atoms with Gasteiger partial charge in [0.25, 0.3) is 0 Å². The zero-order valence-corrected chi connectivity index (χ0v) is 15.8. The second-order valence-electron chi connectivity index (χ2n) is 6.08. The summed E-state index contributed by atoms with van der Waals surface area (Å²) in [6.45, 7) is 0.773. The van der Waals surface area contributed by atoms with Crippen LogP contribution in [0.4, 0.5) is 5.69 Å². The Balaban J connectivity index is 1.79. The molecule has 8 heteroatoms. The van der Waals surface area contributed by atoms with Crippen molar-refractivity contribution >= 4 is 11.6 Å². The highest BCUT2D eigenvalue weighted by atomic mass is 16.5. The third-order valence-electron chi connectivity index (χ3n) is 4.19. The van der Waals surface area contributed by atoms with Crippen molar-refractivity contribution in [3.63, 3.8) is 0 Å². The normalized spacial score (nSPS) is 10.5. The minimum absolute atomic E-state index is 0.211. The van der Waals surface area contributed by atoms with Gasteiger partial charge in [0.15, 0.2) is 0 Å². The van der Waals surface area contributed by atoms with Crippen LogP contribution in [0.25, 0.3) is 11.4 Å². The lowest BCUT2D eigenvalue weighted by Gasteiger charge is -2.22. The summed E-state index contributed by atoms with van der Waals surface area (Å²) in [6, 6.07) is 14.9. The summed E-state index contributed by atoms with van der Waals surface area (Å²) in [4.78, 5) is 17.7. The van der Waals surface area contributed by atoms with Gasteiger partial charge >= 0.3 is 0 Å². The van der Waals surface area contributed by atoms with E-state index in [0.717, 1.165) is 17.0 Å². The molecule has 28 heavy (non-hydrogen) atoms. The molecule has 3 rings (SSSR count). The number of amides is 1. The van der Waals surface area contributed by atoms with Crippen LogP contribution < -0.4 is 20.1 Å². The molecule has 3 aromatic rings. The number of benzene rings is 2. The van der Waals surface area contributed by atoms with Crippen LogP contribution in [0.5, 0.6) is 11.5 Å². The molecule has 1 amide bonds. The Morgan fingerprint density at radius 1 is 1.11 bits per heavy atom. The van der Waals surface area contributed by atoms with Gasteiger partial charge in [-0.1, -0.05) is 17.3 Å². The van der Waals surface area contributed by atoms with Crippen molar-refractivity contribution in [3.8, 4) is 22.9 Å². The summed E-state index contributed by atoms with van der Waals surface area (Å²) in [5.74, 6) is 1.99. The summed E-state index contributed by atoms with van der Waals surface area (Å²) in [5, 5.41) is 4.05. The molecule has 0 unspecified atom stereocenters. The topological polar surface area (TPSA) is 104 Å². The van der Waals surface area contributed by atoms with Crippen LogP contribution in [0.15, 0.2) is 53.1 Å². The summed E-state index contributed by atoms with van der Waals surface area (Å²) in [5.41, 5.74) is 7.00. The SMILES string of the molecule is COc1ccc(N(CCC(N)=O)Cc2nc(-c3cccc(OC)c3)no2)cc1. The van der Waals surface area contributed by atoms with Gasteiger partial charge in [0, 0.05) is 24.2 Å². The summed E-state index contributed by atoms with van der Waals surface area (Å²) >= 11 is 0. The van der Waals surface area contributed by atoms with E-state index >= 15 is 0 Å². The molecule has 8 nitrogen and oxygen atoms in total. The van der Waals surface area contributed by atoms with Gasteiger partial charge in [-0.15, -0.1) is 0 Å². The van der Waals surface area contributed by atoms with Crippen LogP contribution in [-0.2, 0) is 11.3 Å². The number of carbonyl (C=O) groups excluding carboxylic acids is 1. The van der Waals surface area contributed by atoms with E-state index < -0.39 is 0 Å². The molecule has 146 valence electrons. The van der Waals surface area contributed by atoms with E-state index in [2.05, 4.69) is 10.1 Å². The van der Waals surface area contributed by atoms with Gasteiger partial charge in [-0.05, 0) is 36.4 Å². The first-order chi connectivity index (χ1) is 13.6. The molecule has 0 aliphatic rings. The smallest absolute Gasteiger partial charge is 0.246 e. The summed E-state index contributed by atoms with van der Waals surface area (Å²) < 4.78 is 15.8. The lowest BCUT2D eigenvalue weighted by atomic mass is 10.2. The first-order valence-electron chi connectivity index (χ1n) is 8.73. The Morgan fingerprint density at radius 3 is 2.54 bits per heavy atom. The van der Waals surface area contributed by atoms with E-state index in [1.54, 1.807) is 14.2 Å². The predicted molar refractivity (Wildman–Crippen MR) is 104 cm³/mol. The predicted octanol–water partition coefficient (Wildman–Crippen LogP) is 2.64. The zero-order chi connectivity index (χ0) is 19.9. The molecule has 1 heterocycles. The molecule has 1 aromatic heterocycles. The maximum Gasteiger partial charge on any atom is 0.246 e. The van der Waals surface area contributed by atoms with Crippen LogP contribution in [0.3, 0.4) is 0 Å². The van der Waals surface area contributed by atoms with E-state index in [4.69, 9.17) is 19.7 Å². The van der Waals surface area contributed by atoms with Gasteiger partial charge < -0.3 is 24.6 Å². The van der Waals surface area contributed by atoms with Crippen molar-refractivity contribution in [1.82, 2.24) is 10.1 Å². The molecule has 0 atom stereocenters. The molecule has 0 aliphatic carbocycles. The fourth-order valence-electron chi connectivity index (χ4n) is 2.70. The lowest BCUT2D eigenvalue weighted by Crippen LogP contribution is -2.27. The van der Waals surface area contributed by atoms with Crippen molar-refractivity contribution in [1.29, 1.82) is 0 Å². The number of carbonyl (C=O) groups is 1.